The summed E-state index contributed by atoms with van der Waals surface area (Å²) in [5.41, 5.74) is 0.0676. The Morgan fingerprint density at radius 1 is 1.03 bits per heavy atom. The van der Waals surface area contributed by atoms with Crippen molar-refractivity contribution >= 4 is 26.9 Å². The maximum atomic E-state index is 13.6. The molecule has 1 atom stereocenters. The van der Waals surface area contributed by atoms with Crippen molar-refractivity contribution in [2.24, 2.45) is 0 Å². The number of rotatable bonds is 5. The highest BCUT2D eigenvalue weighted by molar-refractivity contribution is 7.87. The van der Waals surface area contributed by atoms with Crippen LogP contribution < -0.4 is 4.74 Å². The molecule has 0 aliphatic rings. The Bertz CT molecular complexity index is 1190. The van der Waals surface area contributed by atoms with Crippen LogP contribution in [0.4, 0.5) is 13.2 Å². The molecule has 1 heterocycles. The number of ether oxygens (including phenoxy) is 1. The van der Waals surface area contributed by atoms with Gasteiger partial charge in [0.1, 0.15) is 10.6 Å². The number of aryl methyl sites for hydroxylation is 1. The third-order valence-corrected chi connectivity index (χ3v) is 5.52. The fourth-order valence-corrected chi connectivity index (χ4v) is 4.14. The first kappa shape index (κ1) is 21.7. The summed E-state index contributed by atoms with van der Waals surface area (Å²) in [4.78, 5) is 14.1. The average Bonchev–Trinajstić information content (AvgIpc) is 2.65. The number of hydrogen-bond donors (Lipinski definition) is 0. The Labute approximate surface area is 170 Å². The molecule has 2 aromatic carbocycles. The van der Waals surface area contributed by atoms with Crippen LogP contribution in [-0.2, 0) is 19.1 Å². The fourth-order valence-electron chi connectivity index (χ4n) is 2.88. The standard InChI is InChI=1S/C20H16F3NO5S/c1-12-5-3-7-16-15(12)6-4-8-18(16)30(26,27)29-19(20(21,22)23)17-10-9-14(11-24-17)28-13(2)25/h3-11,19H,1-2H3. The zero-order valence-corrected chi connectivity index (χ0v) is 16.6. The first-order chi connectivity index (χ1) is 14.0. The van der Waals surface area contributed by atoms with Gasteiger partial charge in [-0.15, -0.1) is 0 Å². The molecule has 30 heavy (non-hydrogen) atoms. The predicted molar refractivity (Wildman–Crippen MR) is 101 cm³/mol. The summed E-state index contributed by atoms with van der Waals surface area (Å²) in [6.45, 7) is 2.88. The summed E-state index contributed by atoms with van der Waals surface area (Å²) in [5, 5.41) is 0.825. The molecule has 6 nitrogen and oxygen atoms in total. The van der Waals surface area contributed by atoms with Crippen molar-refractivity contribution in [1.82, 2.24) is 4.98 Å². The van der Waals surface area contributed by atoms with Crippen LogP contribution in [0.5, 0.6) is 5.75 Å². The van der Waals surface area contributed by atoms with Crippen molar-refractivity contribution in [2.45, 2.75) is 31.0 Å². The second-order valence-corrected chi connectivity index (χ2v) is 7.95. The van der Waals surface area contributed by atoms with Gasteiger partial charge in [-0.3, -0.25) is 9.78 Å². The number of hydrogen-bond acceptors (Lipinski definition) is 6. The summed E-state index contributed by atoms with van der Waals surface area (Å²) in [6.07, 6.45) is -7.02. The molecule has 1 aromatic heterocycles. The highest BCUT2D eigenvalue weighted by atomic mass is 32.2. The van der Waals surface area contributed by atoms with Crippen molar-refractivity contribution in [3.8, 4) is 5.75 Å². The van der Waals surface area contributed by atoms with Crippen molar-refractivity contribution < 1.29 is 35.3 Å². The van der Waals surface area contributed by atoms with E-state index < -0.39 is 34.1 Å². The summed E-state index contributed by atoms with van der Waals surface area (Å²) in [7, 11) is -4.81. The van der Waals surface area contributed by atoms with E-state index in [4.69, 9.17) is 4.74 Å². The van der Waals surface area contributed by atoms with Crippen molar-refractivity contribution in [1.29, 1.82) is 0 Å². The molecule has 0 N–H and O–H groups in total. The molecule has 158 valence electrons. The normalized spacial score (nSPS) is 13.2. The number of fused-ring (bicyclic) bond motifs is 1. The van der Waals surface area contributed by atoms with E-state index in [-0.39, 0.29) is 16.0 Å². The number of halogens is 3. The van der Waals surface area contributed by atoms with E-state index in [9.17, 15) is 26.4 Å². The van der Waals surface area contributed by atoms with Crippen LogP contribution in [0.3, 0.4) is 0 Å². The highest BCUT2D eigenvalue weighted by Gasteiger charge is 2.46. The number of aromatic nitrogens is 1. The molecule has 0 fully saturated rings. The lowest BCUT2D eigenvalue weighted by atomic mass is 10.1. The molecule has 0 amide bonds. The van der Waals surface area contributed by atoms with E-state index in [0.717, 1.165) is 30.8 Å². The van der Waals surface area contributed by atoms with Crippen molar-refractivity contribution in [3.05, 3.63) is 66.0 Å². The minimum Gasteiger partial charge on any atom is -0.425 e. The van der Waals surface area contributed by atoms with E-state index in [1.807, 2.05) is 0 Å². The first-order valence-electron chi connectivity index (χ1n) is 8.62. The fraction of sp³-hybridized carbons (Fsp3) is 0.200. The molecule has 3 rings (SSSR count). The van der Waals surface area contributed by atoms with Gasteiger partial charge in [-0.1, -0.05) is 30.3 Å². The lowest BCUT2D eigenvalue weighted by Gasteiger charge is -2.20. The number of alkyl halides is 3. The van der Waals surface area contributed by atoms with E-state index in [1.54, 1.807) is 25.1 Å². The Balaban J connectivity index is 2.02. The number of esters is 1. The van der Waals surface area contributed by atoms with Gasteiger partial charge in [0.15, 0.2) is 0 Å². The highest BCUT2D eigenvalue weighted by Crippen LogP contribution is 2.39. The SMILES string of the molecule is CC(=O)Oc1ccc(C(OS(=O)(=O)c2cccc3c(C)cccc23)C(F)(F)F)nc1. The molecule has 0 spiro atoms. The van der Waals surface area contributed by atoms with Gasteiger partial charge in [0.05, 0.1) is 11.9 Å². The summed E-state index contributed by atoms with van der Waals surface area (Å²) in [5.74, 6) is -0.762. The lowest BCUT2D eigenvalue weighted by molar-refractivity contribution is -0.197. The van der Waals surface area contributed by atoms with Crippen LogP contribution in [-0.4, -0.2) is 25.5 Å². The van der Waals surface area contributed by atoms with E-state index >= 15 is 0 Å². The molecule has 10 heteroatoms. The van der Waals surface area contributed by atoms with Gasteiger partial charge >= 0.3 is 12.1 Å². The van der Waals surface area contributed by atoms with Gasteiger partial charge in [-0.25, -0.2) is 4.18 Å². The van der Waals surface area contributed by atoms with Crippen LogP contribution in [0, 0.1) is 6.92 Å². The predicted octanol–water partition coefficient (Wildman–Crippen LogP) is 4.48. The summed E-state index contributed by atoms with van der Waals surface area (Å²) >= 11 is 0. The first-order valence-corrected chi connectivity index (χ1v) is 10.0. The molecule has 1 unspecified atom stereocenters. The Hall–Kier alpha value is -2.98. The molecule has 3 aromatic rings. The largest absolute Gasteiger partial charge is 0.425 e. The van der Waals surface area contributed by atoms with Crippen LogP contribution in [0.2, 0.25) is 0 Å². The zero-order chi connectivity index (χ0) is 22.1. The quantitative estimate of drug-likeness (QED) is 0.431. The maximum Gasteiger partial charge on any atom is 0.421 e. The van der Waals surface area contributed by atoms with Gasteiger partial charge in [0, 0.05) is 12.3 Å². The molecule has 0 aliphatic heterocycles. The smallest absolute Gasteiger partial charge is 0.421 e. The number of carbonyl (C=O) groups excluding carboxylic acids is 1. The Kier molecular flexibility index (Phi) is 5.82. The Morgan fingerprint density at radius 3 is 2.30 bits per heavy atom. The van der Waals surface area contributed by atoms with Gasteiger partial charge in [-0.2, -0.15) is 21.6 Å². The minimum absolute atomic E-state index is 0.0837. The average molecular weight is 439 g/mol. The van der Waals surface area contributed by atoms with Gasteiger partial charge in [-0.05, 0) is 36.1 Å². The van der Waals surface area contributed by atoms with Crippen molar-refractivity contribution in [3.63, 3.8) is 0 Å². The van der Waals surface area contributed by atoms with Crippen LogP contribution in [0.1, 0.15) is 24.3 Å². The zero-order valence-electron chi connectivity index (χ0n) is 15.8. The number of pyridine rings is 1. The van der Waals surface area contributed by atoms with E-state index in [0.29, 0.717) is 5.39 Å². The van der Waals surface area contributed by atoms with Crippen LogP contribution >= 0.6 is 0 Å². The second-order valence-electron chi connectivity index (χ2n) is 6.41. The number of benzene rings is 2. The third kappa shape index (κ3) is 4.60. The van der Waals surface area contributed by atoms with Gasteiger partial charge in [0.2, 0.25) is 6.10 Å². The molecule has 0 saturated carbocycles. The Morgan fingerprint density at radius 2 is 1.70 bits per heavy atom. The second kappa shape index (κ2) is 8.04. The summed E-state index contributed by atoms with van der Waals surface area (Å²) < 4.78 is 75.8. The van der Waals surface area contributed by atoms with Crippen LogP contribution in [0.25, 0.3) is 10.8 Å². The molecular formula is C20H16F3NO5S. The maximum absolute atomic E-state index is 13.6. The number of carbonyl (C=O) groups is 1. The molecular weight excluding hydrogens is 423 g/mol. The van der Waals surface area contributed by atoms with Crippen LogP contribution in [0.15, 0.2) is 59.6 Å². The minimum atomic E-state index is -5.07. The topological polar surface area (TPSA) is 82.6 Å². The monoisotopic (exact) mass is 439 g/mol. The third-order valence-electron chi connectivity index (χ3n) is 4.18. The van der Waals surface area contributed by atoms with E-state index in [2.05, 4.69) is 9.17 Å². The molecule has 0 saturated heterocycles. The van der Waals surface area contributed by atoms with Gasteiger partial charge < -0.3 is 4.74 Å². The molecule has 0 bridgehead atoms. The lowest BCUT2D eigenvalue weighted by Crippen LogP contribution is -2.27. The molecule has 0 aliphatic carbocycles. The summed E-state index contributed by atoms with van der Waals surface area (Å²) in [6, 6.07) is 11.1. The number of nitrogens with zero attached hydrogens (tertiary/aromatic N) is 1. The van der Waals surface area contributed by atoms with Crippen molar-refractivity contribution in [2.75, 3.05) is 0 Å². The van der Waals surface area contributed by atoms with Gasteiger partial charge in [0.25, 0.3) is 10.1 Å². The molecule has 0 radical (unpaired) electrons. The van der Waals surface area contributed by atoms with E-state index in [1.165, 1.54) is 18.2 Å².